The highest BCUT2D eigenvalue weighted by atomic mass is 32.2. The average Bonchev–Trinajstić information content (AvgIpc) is 2.69. The van der Waals surface area contributed by atoms with E-state index in [0.29, 0.717) is 11.0 Å². The molecule has 2 atom stereocenters. The van der Waals surface area contributed by atoms with Crippen molar-refractivity contribution in [2.24, 2.45) is 0 Å². The van der Waals surface area contributed by atoms with Crippen LogP contribution in [0.5, 0.6) is 0 Å². The number of amides is 1. The van der Waals surface area contributed by atoms with Crippen LogP contribution in [0.2, 0.25) is 0 Å². The van der Waals surface area contributed by atoms with Gasteiger partial charge >= 0.3 is 7.12 Å². The maximum Gasteiger partial charge on any atom is 0.488 e. The smallest absolute Gasteiger partial charge is 0.423 e. The molecular weight excluding hydrogens is 400 g/mol. The first-order valence-electron chi connectivity index (χ1n) is 8.60. The van der Waals surface area contributed by atoms with Gasteiger partial charge in [-0.1, -0.05) is 36.4 Å². The summed E-state index contributed by atoms with van der Waals surface area (Å²) >= 11 is 0. The summed E-state index contributed by atoms with van der Waals surface area (Å²) in [6.45, 7) is -1.03. The van der Waals surface area contributed by atoms with Crippen molar-refractivity contribution in [3.05, 3.63) is 65.7 Å². The van der Waals surface area contributed by atoms with E-state index in [9.17, 15) is 22.7 Å². The van der Waals surface area contributed by atoms with Gasteiger partial charge in [-0.25, -0.2) is 12.8 Å². The number of alkyl halides is 1. The lowest BCUT2D eigenvalue weighted by molar-refractivity contribution is -0.118. The first-order valence-corrected chi connectivity index (χ1v) is 10.5. The van der Waals surface area contributed by atoms with E-state index in [1.807, 2.05) is 0 Å². The normalized spacial score (nSPS) is 13.8. The van der Waals surface area contributed by atoms with Crippen molar-refractivity contribution in [1.29, 1.82) is 0 Å². The van der Waals surface area contributed by atoms with Crippen LogP contribution in [-0.4, -0.2) is 55.6 Å². The number of hydrogen-bond acceptors (Lipinski definition) is 6. The first-order chi connectivity index (χ1) is 13.6. The Morgan fingerprint density at radius 2 is 1.72 bits per heavy atom. The maximum atomic E-state index is 13.4. The second kappa shape index (κ2) is 9.79. The molecule has 0 aliphatic heterocycles. The number of carbonyl (C=O) groups excluding carboxylic acids is 1. The molecule has 0 saturated heterocycles. The van der Waals surface area contributed by atoms with E-state index in [-0.39, 0.29) is 10.5 Å². The highest BCUT2D eigenvalue weighted by molar-refractivity contribution is 7.90. The Labute approximate surface area is 168 Å². The first kappa shape index (κ1) is 22.8. The molecule has 2 rings (SSSR count). The third-order valence-corrected chi connectivity index (χ3v) is 5.32. The zero-order chi connectivity index (χ0) is 21.6. The molecule has 0 spiro atoms. The van der Waals surface area contributed by atoms with Crippen molar-refractivity contribution in [1.82, 2.24) is 5.32 Å². The SMILES string of the molecule is CS(=O)(=O)c1ccc([C@H](O)C(CF)NC(=O)/C=C/c2ccc(B(O)O)cc2)cc1. The summed E-state index contributed by atoms with van der Waals surface area (Å²) in [5, 5.41) is 30.8. The Morgan fingerprint density at radius 1 is 1.14 bits per heavy atom. The molecule has 0 bridgehead atoms. The van der Waals surface area contributed by atoms with Crippen molar-refractivity contribution < 1.29 is 32.8 Å². The van der Waals surface area contributed by atoms with Gasteiger partial charge < -0.3 is 20.5 Å². The summed E-state index contributed by atoms with van der Waals surface area (Å²) in [6, 6.07) is 10.2. The topological polar surface area (TPSA) is 124 Å². The summed E-state index contributed by atoms with van der Waals surface area (Å²) in [4.78, 5) is 12.1. The highest BCUT2D eigenvalue weighted by Crippen LogP contribution is 2.20. The predicted octanol–water partition coefficient (Wildman–Crippen LogP) is -0.0290. The zero-order valence-corrected chi connectivity index (χ0v) is 16.4. The molecule has 2 aromatic rings. The number of benzene rings is 2. The molecule has 1 amide bonds. The van der Waals surface area contributed by atoms with Gasteiger partial charge in [-0.2, -0.15) is 0 Å². The molecule has 0 aliphatic carbocycles. The summed E-state index contributed by atoms with van der Waals surface area (Å²) in [5.41, 5.74) is 1.18. The van der Waals surface area contributed by atoms with Crippen LogP contribution in [0, 0.1) is 0 Å². The van der Waals surface area contributed by atoms with Crippen LogP contribution in [0.25, 0.3) is 6.08 Å². The van der Waals surface area contributed by atoms with Crippen LogP contribution in [0.4, 0.5) is 4.39 Å². The zero-order valence-electron chi connectivity index (χ0n) is 15.6. The summed E-state index contributed by atoms with van der Waals surface area (Å²) in [6.07, 6.45) is 2.29. The second-order valence-corrected chi connectivity index (χ2v) is 8.44. The molecule has 4 N–H and O–H groups in total. The predicted molar refractivity (Wildman–Crippen MR) is 108 cm³/mol. The van der Waals surface area contributed by atoms with Gasteiger partial charge in [-0.05, 0) is 34.8 Å². The van der Waals surface area contributed by atoms with Crippen molar-refractivity contribution >= 4 is 34.4 Å². The van der Waals surface area contributed by atoms with Crippen LogP contribution < -0.4 is 10.8 Å². The summed E-state index contributed by atoms with van der Waals surface area (Å²) < 4.78 is 36.3. The molecular formula is C19H21BFNO6S. The minimum atomic E-state index is -3.39. The number of aliphatic hydroxyl groups excluding tert-OH is 1. The molecule has 0 saturated carbocycles. The van der Waals surface area contributed by atoms with Crippen LogP contribution in [0.15, 0.2) is 59.5 Å². The minimum absolute atomic E-state index is 0.0666. The van der Waals surface area contributed by atoms with Gasteiger partial charge in [-0.15, -0.1) is 0 Å². The van der Waals surface area contributed by atoms with Crippen LogP contribution in [-0.2, 0) is 14.6 Å². The largest absolute Gasteiger partial charge is 0.488 e. The lowest BCUT2D eigenvalue weighted by atomic mass is 9.80. The third kappa shape index (κ3) is 6.50. The Morgan fingerprint density at radius 3 is 2.21 bits per heavy atom. The van der Waals surface area contributed by atoms with Crippen molar-refractivity contribution in [2.75, 3.05) is 12.9 Å². The third-order valence-electron chi connectivity index (χ3n) is 4.19. The molecule has 0 heterocycles. The van der Waals surface area contributed by atoms with E-state index >= 15 is 0 Å². The van der Waals surface area contributed by atoms with Gasteiger partial charge in [0.25, 0.3) is 0 Å². The standard InChI is InChI=1S/C19H21BFNO6S/c1-29(27,28)16-9-5-14(6-10-16)19(24)17(12-21)22-18(23)11-4-13-2-7-15(8-3-13)20(25)26/h2-11,17,19,24-26H,12H2,1H3,(H,22,23)/b11-4+/t17?,19-/m0/s1. The number of hydrogen-bond donors (Lipinski definition) is 4. The van der Waals surface area contributed by atoms with E-state index in [0.717, 1.165) is 12.3 Å². The number of carbonyl (C=O) groups is 1. The Hall–Kier alpha value is -2.53. The number of sulfone groups is 1. The van der Waals surface area contributed by atoms with E-state index in [1.54, 1.807) is 12.1 Å². The molecule has 0 aromatic heterocycles. The number of aliphatic hydroxyl groups is 1. The fourth-order valence-electron chi connectivity index (χ4n) is 2.53. The molecule has 29 heavy (non-hydrogen) atoms. The summed E-state index contributed by atoms with van der Waals surface area (Å²) in [5.74, 6) is -0.634. The minimum Gasteiger partial charge on any atom is -0.423 e. The van der Waals surface area contributed by atoms with Gasteiger partial charge in [-0.3, -0.25) is 4.79 Å². The van der Waals surface area contributed by atoms with Crippen LogP contribution in [0.1, 0.15) is 17.2 Å². The molecule has 1 unspecified atom stereocenters. The lowest BCUT2D eigenvalue weighted by Gasteiger charge is -2.21. The van der Waals surface area contributed by atoms with E-state index in [2.05, 4.69) is 5.32 Å². The average molecular weight is 421 g/mol. The van der Waals surface area contributed by atoms with E-state index in [4.69, 9.17) is 10.0 Å². The second-order valence-electron chi connectivity index (χ2n) is 6.43. The van der Waals surface area contributed by atoms with Crippen LogP contribution >= 0.6 is 0 Å². The summed E-state index contributed by atoms with van der Waals surface area (Å²) in [7, 11) is -4.98. The van der Waals surface area contributed by atoms with Gasteiger partial charge in [0.2, 0.25) is 5.91 Å². The lowest BCUT2D eigenvalue weighted by Crippen LogP contribution is -2.40. The van der Waals surface area contributed by atoms with Gasteiger partial charge in [0, 0.05) is 12.3 Å². The number of halogens is 1. The van der Waals surface area contributed by atoms with Crippen LogP contribution in [0.3, 0.4) is 0 Å². The number of rotatable bonds is 8. The molecule has 154 valence electrons. The fraction of sp³-hybridized carbons (Fsp3) is 0.211. The fourth-order valence-corrected chi connectivity index (χ4v) is 3.16. The maximum absolute atomic E-state index is 13.4. The monoisotopic (exact) mass is 421 g/mol. The van der Waals surface area contributed by atoms with Crippen molar-refractivity contribution in [3.63, 3.8) is 0 Å². The molecule has 10 heteroatoms. The number of nitrogens with one attached hydrogen (secondary N) is 1. The van der Waals surface area contributed by atoms with Gasteiger partial charge in [0.1, 0.15) is 12.8 Å². The van der Waals surface area contributed by atoms with E-state index < -0.39 is 41.7 Å². The Bertz CT molecular complexity index is 961. The highest BCUT2D eigenvalue weighted by Gasteiger charge is 2.22. The van der Waals surface area contributed by atoms with Gasteiger partial charge in [0.05, 0.1) is 10.9 Å². The molecule has 0 aliphatic rings. The van der Waals surface area contributed by atoms with Crippen molar-refractivity contribution in [2.45, 2.75) is 17.0 Å². The molecule has 2 aromatic carbocycles. The Kier molecular flexibility index (Phi) is 7.69. The quantitative estimate of drug-likeness (QED) is 0.351. The van der Waals surface area contributed by atoms with E-state index in [1.165, 1.54) is 42.5 Å². The molecule has 7 nitrogen and oxygen atoms in total. The van der Waals surface area contributed by atoms with Gasteiger partial charge in [0.15, 0.2) is 9.84 Å². The molecule has 0 fully saturated rings. The molecule has 0 radical (unpaired) electrons. The Balaban J connectivity index is 2.03. The van der Waals surface area contributed by atoms with Crippen molar-refractivity contribution in [3.8, 4) is 0 Å².